The number of hydrogen-bond acceptors (Lipinski definition) is 2. The highest BCUT2D eigenvalue weighted by Crippen LogP contribution is 2.32. The summed E-state index contributed by atoms with van der Waals surface area (Å²) >= 11 is 0. The third kappa shape index (κ3) is 1.68. The number of benzene rings is 1. The van der Waals surface area contributed by atoms with Crippen LogP contribution < -0.4 is 5.32 Å². The van der Waals surface area contributed by atoms with E-state index in [4.69, 9.17) is 0 Å². The minimum Gasteiger partial charge on any atom is -0.321 e. The number of rotatable bonds is 1. The van der Waals surface area contributed by atoms with Crippen LogP contribution in [0.1, 0.15) is 18.1 Å². The zero-order chi connectivity index (χ0) is 11.0. The molecule has 0 atom stereocenters. The second-order valence-corrected chi connectivity index (χ2v) is 3.67. The normalized spacial score (nSPS) is 16.4. The average molecular weight is 201 g/mol. The zero-order valence-corrected chi connectivity index (χ0v) is 8.63. The summed E-state index contributed by atoms with van der Waals surface area (Å²) in [5.41, 5.74) is 3.12. The quantitative estimate of drug-likeness (QED) is 0.705. The second kappa shape index (κ2) is 3.35. The van der Waals surface area contributed by atoms with Crippen molar-refractivity contribution in [3.63, 3.8) is 0 Å². The van der Waals surface area contributed by atoms with Crippen LogP contribution in [0.3, 0.4) is 0 Å². The molecule has 15 heavy (non-hydrogen) atoms. The Labute approximate surface area is 87.8 Å². The minimum absolute atomic E-state index is 0.116. The number of anilines is 1. The Bertz CT molecular complexity index is 486. The molecule has 0 unspecified atom stereocenters. The van der Waals surface area contributed by atoms with E-state index >= 15 is 0 Å². The summed E-state index contributed by atoms with van der Waals surface area (Å²) in [7, 11) is 0. The Morgan fingerprint density at radius 1 is 1.40 bits per heavy atom. The van der Waals surface area contributed by atoms with Gasteiger partial charge in [-0.05, 0) is 32.1 Å². The number of fused-ring (bicyclic) bond motifs is 1. The lowest BCUT2D eigenvalue weighted by atomic mass is 10.0. The first-order valence-corrected chi connectivity index (χ1v) is 4.72. The summed E-state index contributed by atoms with van der Waals surface area (Å²) in [6, 6.07) is 5.68. The summed E-state index contributed by atoms with van der Waals surface area (Å²) in [6.07, 6.45) is 1.38. The smallest absolute Gasteiger partial charge is 0.256 e. The second-order valence-electron chi connectivity index (χ2n) is 3.67. The Morgan fingerprint density at radius 2 is 2.13 bits per heavy atom. The van der Waals surface area contributed by atoms with E-state index in [1.165, 1.54) is 13.0 Å². The van der Waals surface area contributed by atoms with Gasteiger partial charge in [-0.2, -0.15) is 0 Å². The molecule has 1 aliphatic rings. The van der Waals surface area contributed by atoms with Crippen molar-refractivity contribution in [2.45, 2.75) is 13.8 Å². The standard InChI is InChI=1S/C12H11NO2/c1-7-3-4-11-9(5-7)10(6-8(2)14)12(15)13-11/h3-6H,1-2H3,(H,13,15)/b10-6-. The molecule has 1 amide bonds. The Kier molecular flexibility index (Phi) is 2.15. The van der Waals surface area contributed by atoms with Crippen molar-refractivity contribution >= 4 is 23.0 Å². The third-order valence-electron chi connectivity index (χ3n) is 2.31. The number of carbonyl (C=O) groups excluding carboxylic acids is 2. The van der Waals surface area contributed by atoms with Gasteiger partial charge in [-0.25, -0.2) is 0 Å². The van der Waals surface area contributed by atoms with Crippen LogP contribution in [0.4, 0.5) is 5.69 Å². The predicted octanol–water partition coefficient (Wildman–Crippen LogP) is 1.92. The molecular formula is C12H11NO2. The van der Waals surface area contributed by atoms with Gasteiger partial charge in [-0.3, -0.25) is 9.59 Å². The van der Waals surface area contributed by atoms with Crippen LogP contribution in [0, 0.1) is 6.92 Å². The molecule has 1 aliphatic heterocycles. The van der Waals surface area contributed by atoms with Crippen LogP contribution in [0.25, 0.3) is 5.57 Å². The van der Waals surface area contributed by atoms with Crippen molar-refractivity contribution in [3.8, 4) is 0 Å². The number of carbonyl (C=O) groups is 2. The van der Waals surface area contributed by atoms with E-state index in [9.17, 15) is 9.59 Å². The fourth-order valence-corrected chi connectivity index (χ4v) is 1.65. The summed E-state index contributed by atoms with van der Waals surface area (Å²) in [5.74, 6) is -0.319. The molecule has 1 aromatic rings. The van der Waals surface area contributed by atoms with Crippen molar-refractivity contribution in [1.29, 1.82) is 0 Å². The SMILES string of the molecule is CC(=O)/C=C1\C(=O)Nc2ccc(C)cc21. The van der Waals surface area contributed by atoms with E-state index in [1.54, 1.807) is 0 Å². The van der Waals surface area contributed by atoms with Crippen LogP contribution >= 0.6 is 0 Å². The largest absolute Gasteiger partial charge is 0.321 e. The number of amides is 1. The van der Waals surface area contributed by atoms with Crippen LogP contribution in [-0.4, -0.2) is 11.7 Å². The van der Waals surface area contributed by atoms with Crippen LogP contribution in [-0.2, 0) is 9.59 Å². The van der Waals surface area contributed by atoms with Crippen molar-refractivity contribution in [3.05, 3.63) is 35.4 Å². The molecule has 0 radical (unpaired) electrons. The first kappa shape index (κ1) is 9.65. The maximum absolute atomic E-state index is 11.5. The zero-order valence-electron chi connectivity index (χ0n) is 8.63. The molecule has 0 spiro atoms. The molecule has 0 saturated carbocycles. The monoisotopic (exact) mass is 201 g/mol. The van der Waals surface area contributed by atoms with Gasteiger partial charge in [-0.1, -0.05) is 11.6 Å². The molecule has 1 heterocycles. The maximum Gasteiger partial charge on any atom is 0.256 e. The number of hydrogen-bond donors (Lipinski definition) is 1. The highest BCUT2D eigenvalue weighted by molar-refractivity contribution is 6.33. The van der Waals surface area contributed by atoms with Gasteiger partial charge in [0.15, 0.2) is 5.78 Å². The van der Waals surface area contributed by atoms with Gasteiger partial charge in [-0.15, -0.1) is 0 Å². The summed E-state index contributed by atoms with van der Waals surface area (Å²) < 4.78 is 0. The fraction of sp³-hybridized carbons (Fsp3) is 0.167. The van der Waals surface area contributed by atoms with Gasteiger partial charge in [0.05, 0.1) is 5.57 Å². The molecule has 3 heteroatoms. The van der Waals surface area contributed by atoms with E-state index in [2.05, 4.69) is 5.32 Å². The Morgan fingerprint density at radius 3 is 2.80 bits per heavy atom. The molecule has 3 nitrogen and oxygen atoms in total. The lowest BCUT2D eigenvalue weighted by molar-refractivity contribution is -0.113. The maximum atomic E-state index is 11.5. The van der Waals surface area contributed by atoms with E-state index in [-0.39, 0.29) is 11.7 Å². The molecule has 0 saturated heterocycles. The lowest BCUT2D eigenvalue weighted by Gasteiger charge is -1.98. The van der Waals surface area contributed by atoms with Crippen LogP contribution in [0.5, 0.6) is 0 Å². The number of allylic oxidation sites excluding steroid dienone is 1. The molecule has 1 aromatic carbocycles. The first-order valence-electron chi connectivity index (χ1n) is 4.72. The Hall–Kier alpha value is -1.90. The number of nitrogens with one attached hydrogen (secondary N) is 1. The molecular weight excluding hydrogens is 190 g/mol. The number of aryl methyl sites for hydroxylation is 1. The summed E-state index contributed by atoms with van der Waals surface area (Å²) in [6.45, 7) is 3.39. The summed E-state index contributed by atoms with van der Waals surface area (Å²) in [4.78, 5) is 22.5. The summed E-state index contributed by atoms with van der Waals surface area (Å²) in [5, 5.41) is 2.72. The van der Waals surface area contributed by atoms with Crippen LogP contribution in [0.2, 0.25) is 0 Å². The van der Waals surface area contributed by atoms with Gasteiger partial charge in [0.2, 0.25) is 0 Å². The van der Waals surface area contributed by atoms with E-state index < -0.39 is 0 Å². The topological polar surface area (TPSA) is 46.2 Å². The fourth-order valence-electron chi connectivity index (χ4n) is 1.65. The predicted molar refractivity (Wildman–Crippen MR) is 58.5 cm³/mol. The van der Waals surface area contributed by atoms with Gasteiger partial charge in [0, 0.05) is 11.3 Å². The first-order chi connectivity index (χ1) is 7.08. The molecule has 0 aromatic heterocycles. The van der Waals surface area contributed by atoms with Crippen molar-refractivity contribution in [2.75, 3.05) is 5.32 Å². The van der Waals surface area contributed by atoms with E-state index in [0.29, 0.717) is 5.57 Å². The average Bonchev–Trinajstić information content (AvgIpc) is 2.43. The van der Waals surface area contributed by atoms with E-state index in [1.807, 2.05) is 25.1 Å². The van der Waals surface area contributed by atoms with Crippen LogP contribution in [0.15, 0.2) is 24.3 Å². The lowest BCUT2D eigenvalue weighted by Crippen LogP contribution is -2.04. The molecule has 0 aliphatic carbocycles. The highest BCUT2D eigenvalue weighted by Gasteiger charge is 2.24. The highest BCUT2D eigenvalue weighted by atomic mass is 16.2. The molecule has 0 fully saturated rings. The van der Waals surface area contributed by atoms with Gasteiger partial charge in [0.1, 0.15) is 0 Å². The van der Waals surface area contributed by atoms with Gasteiger partial charge in [0.25, 0.3) is 5.91 Å². The van der Waals surface area contributed by atoms with Gasteiger partial charge >= 0.3 is 0 Å². The van der Waals surface area contributed by atoms with Crippen molar-refractivity contribution in [2.24, 2.45) is 0 Å². The molecule has 1 N–H and O–H groups in total. The Balaban J connectivity index is 2.58. The molecule has 2 rings (SSSR count). The van der Waals surface area contributed by atoms with Gasteiger partial charge < -0.3 is 5.32 Å². The third-order valence-corrected chi connectivity index (χ3v) is 2.31. The minimum atomic E-state index is -0.203. The molecule has 76 valence electrons. The van der Waals surface area contributed by atoms with Crippen molar-refractivity contribution in [1.82, 2.24) is 0 Å². The van der Waals surface area contributed by atoms with Crippen molar-refractivity contribution < 1.29 is 9.59 Å². The van der Waals surface area contributed by atoms with E-state index in [0.717, 1.165) is 16.8 Å². The molecule has 0 bridgehead atoms. The number of ketones is 1.